The maximum absolute atomic E-state index is 5.19. The molecule has 110 valence electrons. The molecule has 0 atom stereocenters. The third kappa shape index (κ3) is 3.30. The van der Waals surface area contributed by atoms with Gasteiger partial charge in [-0.05, 0) is 42.7 Å². The number of anilines is 2. The monoisotopic (exact) mass is 282 g/mol. The Balaban J connectivity index is 1.69. The zero-order chi connectivity index (χ0) is 14.5. The van der Waals surface area contributed by atoms with Gasteiger partial charge in [0, 0.05) is 19.6 Å². The normalized spacial score (nSPS) is 14.2. The third-order valence-corrected chi connectivity index (χ3v) is 3.99. The van der Waals surface area contributed by atoms with Gasteiger partial charge in [0.25, 0.3) is 0 Å². The standard InChI is InChI=1S/C18H22N2O/c1-21-16-10-8-15(9-11-16)14-19-17-6-2-3-7-18(17)20-12-4-5-13-20/h2-3,6-11,19H,4-5,12-14H2,1H3. The van der Waals surface area contributed by atoms with Crippen LogP contribution in [0.3, 0.4) is 0 Å². The first kappa shape index (κ1) is 13.8. The van der Waals surface area contributed by atoms with Crippen molar-refractivity contribution in [3.63, 3.8) is 0 Å². The summed E-state index contributed by atoms with van der Waals surface area (Å²) < 4.78 is 5.19. The smallest absolute Gasteiger partial charge is 0.118 e. The summed E-state index contributed by atoms with van der Waals surface area (Å²) >= 11 is 0. The van der Waals surface area contributed by atoms with E-state index >= 15 is 0 Å². The minimum Gasteiger partial charge on any atom is -0.497 e. The zero-order valence-corrected chi connectivity index (χ0v) is 12.5. The summed E-state index contributed by atoms with van der Waals surface area (Å²) in [6.45, 7) is 3.16. The molecule has 2 aromatic carbocycles. The van der Waals surface area contributed by atoms with Crippen molar-refractivity contribution in [1.29, 1.82) is 0 Å². The summed E-state index contributed by atoms with van der Waals surface area (Å²) in [6, 6.07) is 16.8. The van der Waals surface area contributed by atoms with Gasteiger partial charge in [0.2, 0.25) is 0 Å². The van der Waals surface area contributed by atoms with E-state index in [1.165, 1.54) is 42.9 Å². The second-order valence-electron chi connectivity index (χ2n) is 5.41. The van der Waals surface area contributed by atoms with E-state index < -0.39 is 0 Å². The van der Waals surface area contributed by atoms with Crippen molar-refractivity contribution >= 4 is 11.4 Å². The first-order chi connectivity index (χ1) is 10.4. The van der Waals surface area contributed by atoms with Crippen LogP contribution in [0.15, 0.2) is 48.5 Å². The van der Waals surface area contributed by atoms with Crippen LogP contribution >= 0.6 is 0 Å². The van der Waals surface area contributed by atoms with Crippen molar-refractivity contribution in [3.8, 4) is 5.75 Å². The predicted octanol–water partition coefficient (Wildman–Crippen LogP) is 3.91. The van der Waals surface area contributed by atoms with Gasteiger partial charge in [-0.15, -0.1) is 0 Å². The lowest BCUT2D eigenvalue weighted by Gasteiger charge is -2.22. The number of rotatable bonds is 5. The van der Waals surface area contributed by atoms with Crippen LogP contribution in [-0.2, 0) is 6.54 Å². The van der Waals surface area contributed by atoms with E-state index in [-0.39, 0.29) is 0 Å². The first-order valence-corrected chi connectivity index (χ1v) is 7.57. The van der Waals surface area contributed by atoms with E-state index in [2.05, 4.69) is 46.6 Å². The quantitative estimate of drug-likeness (QED) is 0.900. The summed E-state index contributed by atoms with van der Waals surface area (Å²) in [5, 5.41) is 3.56. The molecule has 0 unspecified atom stereocenters. The average Bonchev–Trinajstić information content (AvgIpc) is 3.08. The van der Waals surface area contributed by atoms with Crippen molar-refractivity contribution in [2.75, 3.05) is 30.4 Å². The lowest BCUT2D eigenvalue weighted by atomic mass is 10.2. The fourth-order valence-electron chi connectivity index (χ4n) is 2.80. The van der Waals surface area contributed by atoms with Gasteiger partial charge in [0.1, 0.15) is 5.75 Å². The van der Waals surface area contributed by atoms with E-state index in [9.17, 15) is 0 Å². The number of benzene rings is 2. The van der Waals surface area contributed by atoms with Crippen LogP contribution < -0.4 is 15.0 Å². The summed E-state index contributed by atoms with van der Waals surface area (Å²) in [4.78, 5) is 2.47. The highest BCUT2D eigenvalue weighted by Crippen LogP contribution is 2.29. The molecule has 1 aliphatic rings. The van der Waals surface area contributed by atoms with E-state index in [1.807, 2.05) is 12.1 Å². The lowest BCUT2D eigenvalue weighted by Crippen LogP contribution is -2.19. The second kappa shape index (κ2) is 6.53. The molecule has 3 rings (SSSR count). The number of methoxy groups -OCH3 is 1. The van der Waals surface area contributed by atoms with Crippen molar-refractivity contribution in [2.45, 2.75) is 19.4 Å². The Morgan fingerprint density at radius 3 is 2.43 bits per heavy atom. The van der Waals surface area contributed by atoms with Gasteiger partial charge in [-0.2, -0.15) is 0 Å². The predicted molar refractivity (Wildman–Crippen MR) is 88.2 cm³/mol. The largest absolute Gasteiger partial charge is 0.497 e. The molecule has 21 heavy (non-hydrogen) atoms. The Morgan fingerprint density at radius 1 is 1.00 bits per heavy atom. The van der Waals surface area contributed by atoms with Gasteiger partial charge in [0.15, 0.2) is 0 Å². The number of nitrogens with one attached hydrogen (secondary N) is 1. The van der Waals surface area contributed by atoms with Crippen LogP contribution in [0.5, 0.6) is 5.75 Å². The number of para-hydroxylation sites is 2. The van der Waals surface area contributed by atoms with Crippen LogP contribution in [0.2, 0.25) is 0 Å². The average molecular weight is 282 g/mol. The number of ether oxygens (including phenoxy) is 1. The summed E-state index contributed by atoms with van der Waals surface area (Å²) in [6.07, 6.45) is 2.60. The molecule has 1 saturated heterocycles. The van der Waals surface area contributed by atoms with Crippen molar-refractivity contribution in [2.24, 2.45) is 0 Å². The molecule has 0 saturated carbocycles. The molecule has 0 radical (unpaired) electrons. The molecule has 0 aliphatic carbocycles. The number of hydrogen-bond acceptors (Lipinski definition) is 3. The number of nitrogens with zero attached hydrogens (tertiary/aromatic N) is 1. The van der Waals surface area contributed by atoms with Crippen LogP contribution in [0.1, 0.15) is 18.4 Å². The number of hydrogen-bond donors (Lipinski definition) is 1. The molecule has 0 bridgehead atoms. The molecular weight excluding hydrogens is 260 g/mol. The van der Waals surface area contributed by atoms with Crippen LogP contribution in [-0.4, -0.2) is 20.2 Å². The SMILES string of the molecule is COc1ccc(CNc2ccccc2N2CCCC2)cc1. The molecule has 3 heteroatoms. The van der Waals surface area contributed by atoms with Gasteiger partial charge in [-0.1, -0.05) is 24.3 Å². The summed E-state index contributed by atoms with van der Waals surface area (Å²) in [5.74, 6) is 0.899. The third-order valence-electron chi connectivity index (χ3n) is 3.99. The van der Waals surface area contributed by atoms with Crippen LogP contribution in [0, 0.1) is 0 Å². The van der Waals surface area contributed by atoms with Gasteiger partial charge in [-0.25, -0.2) is 0 Å². The minimum absolute atomic E-state index is 0.828. The Morgan fingerprint density at radius 2 is 1.71 bits per heavy atom. The summed E-state index contributed by atoms with van der Waals surface area (Å²) in [7, 11) is 1.69. The van der Waals surface area contributed by atoms with E-state index in [0.717, 1.165) is 12.3 Å². The minimum atomic E-state index is 0.828. The molecule has 1 N–H and O–H groups in total. The molecule has 2 aromatic rings. The molecule has 3 nitrogen and oxygen atoms in total. The van der Waals surface area contributed by atoms with Gasteiger partial charge >= 0.3 is 0 Å². The van der Waals surface area contributed by atoms with Crippen LogP contribution in [0.4, 0.5) is 11.4 Å². The molecular formula is C18H22N2O. The van der Waals surface area contributed by atoms with E-state index in [0.29, 0.717) is 0 Å². The van der Waals surface area contributed by atoms with Gasteiger partial charge in [0.05, 0.1) is 18.5 Å². The van der Waals surface area contributed by atoms with Crippen molar-refractivity contribution in [3.05, 3.63) is 54.1 Å². The maximum Gasteiger partial charge on any atom is 0.118 e. The first-order valence-electron chi connectivity index (χ1n) is 7.57. The molecule has 0 aromatic heterocycles. The van der Waals surface area contributed by atoms with E-state index in [4.69, 9.17) is 4.74 Å². The Labute approximate surface area is 126 Å². The molecule has 0 spiro atoms. The Kier molecular flexibility index (Phi) is 4.29. The molecule has 1 aliphatic heterocycles. The topological polar surface area (TPSA) is 24.5 Å². The highest BCUT2D eigenvalue weighted by atomic mass is 16.5. The van der Waals surface area contributed by atoms with Crippen LogP contribution in [0.25, 0.3) is 0 Å². The highest BCUT2D eigenvalue weighted by Gasteiger charge is 2.14. The lowest BCUT2D eigenvalue weighted by molar-refractivity contribution is 0.414. The maximum atomic E-state index is 5.19. The van der Waals surface area contributed by atoms with Gasteiger partial charge in [-0.3, -0.25) is 0 Å². The van der Waals surface area contributed by atoms with E-state index in [1.54, 1.807) is 7.11 Å². The van der Waals surface area contributed by atoms with Crippen molar-refractivity contribution in [1.82, 2.24) is 0 Å². The van der Waals surface area contributed by atoms with Gasteiger partial charge < -0.3 is 15.0 Å². The fraction of sp³-hybridized carbons (Fsp3) is 0.333. The zero-order valence-electron chi connectivity index (χ0n) is 12.5. The Bertz CT molecular complexity index is 574. The second-order valence-corrected chi connectivity index (χ2v) is 5.41. The highest BCUT2D eigenvalue weighted by molar-refractivity contribution is 5.70. The van der Waals surface area contributed by atoms with Crippen molar-refractivity contribution < 1.29 is 4.74 Å². The molecule has 1 fully saturated rings. The molecule has 0 amide bonds. The summed E-state index contributed by atoms with van der Waals surface area (Å²) in [5.41, 5.74) is 3.80. The molecule has 1 heterocycles. The fourth-order valence-corrected chi connectivity index (χ4v) is 2.80. The Hall–Kier alpha value is -2.16.